The molecule has 0 saturated heterocycles. The summed E-state index contributed by atoms with van der Waals surface area (Å²) in [5.74, 6) is -0.574. The molecule has 164 valence electrons. The van der Waals surface area contributed by atoms with Gasteiger partial charge in [-0.1, -0.05) is 35.2 Å². The maximum Gasteiger partial charge on any atom is 0.286 e. The van der Waals surface area contributed by atoms with Gasteiger partial charge in [-0.05, 0) is 48.0 Å². The van der Waals surface area contributed by atoms with Crippen LogP contribution in [0.25, 0.3) is 20.7 Å². The number of thioether (sulfide) groups is 1. The van der Waals surface area contributed by atoms with Crippen molar-refractivity contribution < 1.29 is 13.6 Å². The Morgan fingerprint density at radius 2 is 1.67 bits per heavy atom. The third-order valence-electron chi connectivity index (χ3n) is 4.50. The zero-order valence-corrected chi connectivity index (χ0v) is 19.1. The van der Waals surface area contributed by atoms with Gasteiger partial charge in [-0.2, -0.15) is 0 Å². The van der Waals surface area contributed by atoms with E-state index in [9.17, 15) is 13.6 Å². The van der Waals surface area contributed by atoms with Crippen LogP contribution in [0.15, 0.2) is 66.0 Å². The second-order valence-corrected chi connectivity index (χ2v) is 9.84. The summed E-state index contributed by atoms with van der Waals surface area (Å²) in [5, 5.41) is 12.4. The second-order valence-electron chi connectivity index (χ2n) is 6.76. The van der Waals surface area contributed by atoms with Crippen molar-refractivity contribution in [1.82, 2.24) is 20.2 Å². The van der Waals surface area contributed by atoms with E-state index in [0.717, 1.165) is 25.7 Å². The molecular formula is C22H13F2N5OS3. The molecule has 0 fully saturated rings. The Hall–Kier alpha value is -3.28. The first-order chi connectivity index (χ1) is 16.0. The number of anilines is 1. The highest BCUT2D eigenvalue weighted by Gasteiger charge is 2.15. The average molecular weight is 498 g/mol. The maximum atomic E-state index is 13.2. The van der Waals surface area contributed by atoms with Crippen LogP contribution in [0, 0.1) is 11.6 Å². The van der Waals surface area contributed by atoms with Crippen LogP contribution in [0.5, 0.6) is 0 Å². The molecule has 0 aliphatic carbocycles. The lowest BCUT2D eigenvalue weighted by atomic mass is 10.2. The van der Waals surface area contributed by atoms with Gasteiger partial charge in [0, 0.05) is 10.6 Å². The number of nitrogens with zero attached hydrogens (tertiary/aromatic N) is 4. The van der Waals surface area contributed by atoms with Gasteiger partial charge < -0.3 is 5.32 Å². The number of hydrogen-bond acceptors (Lipinski definition) is 8. The fourth-order valence-corrected chi connectivity index (χ4v) is 5.86. The van der Waals surface area contributed by atoms with Crippen molar-refractivity contribution in [2.24, 2.45) is 0 Å². The zero-order valence-electron chi connectivity index (χ0n) is 16.7. The molecule has 11 heteroatoms. The lowest BCUT2D eigenvalue weighted by molar-refractivity contribution is 0.102. The molecule has 6 nitrogen and oxygen atoms in total. The highest BCUT2D eigenvalue weighted by atomic mass is 32.2. The fourth-order valence-electron chi connectivity index (χ4n) is 2.94. The molecule has 1 amide bonds. The van der Waals surface area contributed by atoms with E-state index >= 15 is 0 Å². The zero-order chi connectivity index (χ0) is 22.8. The van der Waals surface area contributed by atoms with Crippen molar-refractivity contribution in [1.29, 1.82) is 0 Å². The molecule has 2 aromatic carbocycles. The number of aromatic nitrogens is 4. The van der Waals surface area contributed by atoms with Crippen LogP contribution in [0.4, 0.5) is 14.5 Å². The second kappa shape index (κ2) is 9.30. The van der Waals surface area contributed by atoms with E-state index in [1.807, 2.05) is 6.07 Å². The van der Waals surface area contributed by atoms with E-state index in [-0.39, 0.29) is 16.6 Å². The molecule has 0 spiro atoms. The number of thiophene rings is 1. The SMILES string of the molecule is O=C(Nc1ccc(F)cc1)c1nnc(CSc2ncnc3cc(-c4ccc(F)cc4)sc23)s1. The minimum absolute atomic E-state index is 0.220. The summed E-state index contributed by atoms with van der Waals surface area (Å²) in [4.78, 5) is 22.1. The Kier molecular flexibility index (Phi) is 6.07. The van der Waals surface area contributed by atoms with E-state index < -0.39 is 5.91 Å². The Labute approximate surface area is 198 Å². The molecule has 0 aliphatic heterocycles. The first kappa shape index (κ1) is 21.6. The number of carbonyl (C=O) groups excluding carboxylic acids is 1. The first-order valence-corrected chi connectivity index (χ1v) is 12.2. The quantitative estimate of drug-likeness (QED) is 0.228. The normalized spacial score (nSPS) is 11.1. The summed E-state index contributed by atoms with van der Waals surface area (Å²) in [5.41, 5.74) is 2.20. The first-order valence-electron chi connectivity index (χ1n) is 9.58. The van der Waals surface area contributed by atoms with Crippen LogP contribution < -0.4 is 5.32 Å². The summed E-state index contributed by atoms with van der Waals surface area (Å²) >= 11 is 4.20. The van der Waals surface area contributed by atoms with Gasteiger partial charge in [-0.15, -0.1) is 21.5 Å². The number of benzene rings is 2. The summed E-state index contributed by atoms with van der Waals surface area (Å²) in [6.07, 6.45) is 1.51. The summed E-state index contributed by atoms with van der Waals surface area (Å²) in [6.45, 7) is 0. The van der Waals surface area contributed by atoms with Crippen LogP contribution >= 0.6 is 34.4 Å². The molecule has 1 N–H and O–H groups in total. The van der Waals surface area contributed by atoms with Gasteiger partial charge in [0.15, 0.2) is 0 Å². The van der Waals surface area contributed by atoms with Crippen LogP contribution in [-0.2, 0) is 5.75 Å². The Balaban J connectivity index is 1.29. The van der Waals surface area contributed by atoms with E-state index in [1.54, 1.807) is 12.1 Å². The van der Waals surface area contributed by atoms with Crippen LogP contribution in [-0.4, -0.2) is 26.1 Å². The number of hydrogen-bond donors (Lipinski definition) is 1. The monoisotopic (exact) mass is 497 g/mol. The van der Waals surface area contributed by atoms with Crippen molar-refractivity contribution in [3.63, 3.8) is 0 Å². The number of carbonyl (C=O) groups is 1. The van der Waals surface area contributed by atoms with Gasteiger partial charge in [-0.3, -0.25) is 4.79 Å². The number of fused-ring (bicyclic) bond motifs is 1. The highest BCUT2D eigenvalue weighted by Crippen LogP contribution is 2.38. The van der Waals surface area contributed by atoms with Crippen molar-refractivity contribution >= 4 is 56.2 Å². The topological polar surface area (TPSA) is 80.7 Å². The largest absolute Gasteiger partial charge is 0.320 e. The molecule has 0 saturated carbocycles. The Morgan fingerprint density at radius 1 is 0.939 bits per heavy atom. The standard InChI is InChI=1S/C22H13F2N5OS3/c23-13-3-1-12(2-4-13)17-9-16-19(32-17)21(26-11-25-16)31-10-18-28-29-22(33-18)20(30)27-15-7-5-14(24)6-8-15/h1-9,11H,10H2,(H,27,30). The molecule has 5 rings (SSSR count). The summed E-state index contributed by atoms with van der Waals surface area (Å²) in [6, 6.07) is 13.8. The van der Waals surface area contributed by atoms with Crippen molar-refractivity contribution in [3.8, 4) is 10.4 Å². The Bertz CT molecular complexity index is 1430. The molecule has 5 aromatic rings. The van der Waals surface area contributed by atoms with Gasteiger partial charge in [0.25, 0.3) is 5.91 Å². The molecule has 33 heavy (non-hydrogen) atoms. The van der Waals surface area contributed by atoms with Gasteiger partial charge in [0.05, 0.1) is 16.0 Å². The smallest absolute Gasteiger partial charge is 0.286 e. The van der Waals surface area contributed by atoms with Crippen molar-refractivity contribution in [2.75, 3.05) is 5.32 Å². The predicted octanol–water partition coefficient (Wildman–Crippen LogP) is 6.03. The van der Waals surface area contributed by atoms with Crippen LogP contribution in [0.2, 0.25) is 0 Å². The van der Waals surface area contributed by atoms with E-state index in [0.29, 0.717) is 16.4 Å². The summed E-state index contributed by atoms with van der Waals surface area (Å²) < 4.78 is 27.2. The number of nitrogens with one attached hydrogen (secondary N) is 1. The number of halogens is 2. The summed E-state index contributed by atoms with van der Waals surface area (Å²) in [7, 11) is 0. The lowest BCUT2D eigenvalue weighted by Crippen LogP contribution is -2.11. The van der Waals surface area contributed by atoms with Gasteiger partial charge in [-0.25, -0.2) is 18.7 Å². The highest BCUT2D eigenvalue weighted by molar-refractivity contribution is 7.98. The molecule has 3 heterocycles. The average Bonchev–Trinajstić information content (AvgIpc) is 3.47. The third-order valence-corrected chi connectivity index (χ3v) is 7.92. The van der Waals surface area contributed by atoms with Gasteiger partial charge >= 0.3 is 0 Å². The minimum Gasteiger partial charge on any atom is -0.320 e. The fraction of sp³-hybridized carbons (Fsp3) is 0.0455. The van der Waals surface area contributed by atoms with Crippen LogP contribution in [0.1, 0.15) is 14.8 Å². The van der Waals surface area contributed by atoms with Crippen molar-refractivity contribution in [2.45, 2.75) is 10.8 Å². The molecule has 0 unspecified atom stereocenters. The van der Waals surface area contributed by atoms with Gasteiger partial charge in [0.2, 0.25) is 5.01 Å². The predicted molar refractivity (Wildman–Crippen MR) is 127 cm³/mol. The molecule has 0 bridgehead atoms. The van der Waals surface area contributed by atoms with E-state index in [4.69, 9.17) is 0 Å². The minimum atomic E-state index is -0.401. The Morgan fingerprint density at radius 3 is 2.42 bits per heavy atom. The molecular weight excluding hydrogens is 484 g/mol. The third kappa shape index (κ3) is 4.90. The maximum absolute atomic E-state index is 13.2. The van der Waals surface area contributed by atoms with Gasteiger partial charge in [0.1, 0.15) is 28.0 Å². The molecule has 0 aliphatic rings. The molecule has 0 radical (unpaired) electrons. The lowest BCUT2D eigenvalue weighted by Gasteiger charge is -2.01. The van der Waals surface area contributed by atoms with E-state index in [1.165, 1.54) is 77.2 Å². The number of amides is 1. The molecule has 0 atom stereocenters. The van der Waals surface area contributed by atoms with Crippen LogP contribution in [0.3, 0.4) is 0 Å². The molecule has 3 aromatic heterocycles. The van der Waals surface area contributed by atoms with Crippen molar-refractivity contribution in [3.05, 3.63) is 82.6 Å². The van der Waals surface area contributed by atoms with E-state index in [2.05, 4.69) is 25.5 Å². The number of rotatable bonds is 6.